The molecule has 0 aromatic rings. The summed E-state index contributed by atoms with van der Waals surface area (Å²) in [6.45, 7) is 5.36. The SMILES string of the molecule is C=CC1OC1/C=C\C#CC#CC#CC. The lowest BCUT2D eigenvalue weighted by atomic mass is 10.3. The Hall–Kier alpha value is -1.88. The molecule has 2 atom stereocenters. The Morgan fingerprint density at radius 2 is 1.93 bits per heavy atom. The van der Waals surface area contributed by atoms with Crippen LogP contribution in [0.15, 0.2) is 24.8 Å². The van der Waals surface area contributed by atoms with Gasteiger partial charge in [0.05, 0.1) is 0 Å². The fourth-order valence-electron chi connectivity index (χ4n) is 0.826. The molecule has 0 N–H and O–H groups in total. The molecule has 0 aromatic carbocycles. The maximum atomic E-state index is 5.18. The second-order valence-electron chi connectivity index (χ2n) is 2.55. The highest BCUT2D eigenvalue weighted by Gasteiger charge is 2.32. The van der Waals surface area contributed by atoms with E-state index in [4.69, 9.17) is 4.74 Å². The van der Waals surface area contributed by atoms with Crippen LogP contribution in [0.1, 0.15) is 6.92 Å². The number of hydrogen-bond donors (Lipinski definition) is 0. The Kier molecular flexibility index (Phi) is 4.16. The molecule has 14 heavy (non-hydrogen) atoms. The number of ether oxygens (including phenoxy) is 1. The average Bonchev–Trinajstić information content (AvgIpc) is 2.95. The summed E-state index contributed by atoms with van der Waals surface area (Å²) >= 11 is 0. The van der Waals surface area contributed by atoms with Gasteiger partial charge in [0.25, 0.3) is 0 Å². The minimum absolute atomic E-state index is 0.158. The number of allylic oxidation sites excluding steroid dienone is 1. The third-order valence-corrected chi connectivity index (χ3v) is 1.55. The molecule has 1 saturated heterocycles. The van der Waals surface area contributed by atoms with Crippen LogP contribution in [0, 0.1) is 35.5 Å². The molecule has 1 heteroatoms. The molecule has 0 spiro atoms. The lowest BCUT2D eigenvalue weighted by Gasteiger charge is -1.71. The molecule has 1 fully saturated rings. The van der Waals surface area contributed by atoms with Crippen LogP contribution in [-0.4, -0.2) is 12.2 Å². The van der Waals surface area contributed by atoms with E-state index >= 15 is 0 Å². The van der Waals surface area contributed by atoms with Gasteiger partial charge in [-0.25, -0.2) is 0 Å². The highest BCUT2D eigenvalue weighted by Crippen LogP contribution is 2.23. The summed E-state index contributed by atoms with van der Waals surface area (Å²) in [4.78, 5) is 0. The van der Waals surface area contributed by atoms with Crippen molar-refractivity contribution < 1.29 is 4.74 Å². The Morgan fingerprint density at radius 1 is 1.14 bits per heavy atom. The van der Waals surface area contributed by atoms with Gasteiger partial charge in [-0.3, -0.25) is 0 Å². The van der Waals surface area contributed by atoms with Crippen LogP contribution in [-0.2, 0) is 4.74 Å². The molecule has 68 valence electrons. The zero-order valence-corrected chi connectivity index (χ0v) is 8.00. The highest BCUT2D eigenvalue weighted by atomic mass is 16.6. The summed E-state index contributed by atoms with van der Waals surface area (Å²) in [7, 11) is 0. The molecule has 2 unspecified atom stereocenters. The van der Waals surface area contributed by atoms with Crippen molar-refractivity contribution in [1.29, 1.82) is 0 Å². The minimum Gasteiger partial charge on any atom is -0.361 e. The van der Waals surface area contributed by atoms with E-state index in [1.165, 1.54) is 0 Å². The normalized spacial score (nSPS) is 22.1. The van der Waals surface area contributed by atoms with Gasteiger partial charge in [-0.15, -0.1) is 6.58 Å². The third kappa shape index (κ3) is 3.68. The molecule has 0 saturated carbocycles. The lowest BCUT2D eigenvalue weighted by Crippen LogP contribution is -1.81. The molecule has 0 radical (unpaired) electrons. The molecule has 0 amide bonds. The van der Waals surface area contributed by atoms with E-state index in [1.54, 1.807) is 19.1 Å². The van der Waals surface area contributed by atoms with E-state index in [0.29, 0.717) is 0 Å². The highest BCUT2D eigenvalue weighted by molar-refractivity contribution is 5.37. The van der Waals surface area contributed by atoms with Gasteiger partial charge in [-0.1, -0.05) is 17.9 Å². The largest absolute Gasteiger partial charge is 0.361 e. The average molecular weight is 182 g/mol. The van der Waals surface area contributed by atoms with Gasteiger partial charge < -0.3 is 4.74 Å². The Labute approximate surface area is 84.8 Å². The van der Waals surface area contributed by atoms with E-state index < -0.39 is 0 Å². The van der Waals surface area contributed by atoms with Gasteiger partial charge in [0.2, 0.25) is 0 Å². The lowest BCUT2D eigenvalue weighted by molar-refractivity contribution is 0.413. The van der Waals surface area contributed by atoms with Gasteiger partial charge in [-0.05, 0) is 42.8 Å². The summed E-state index contributed by atoms with van der Waals surface area (Å²) in [5.74, 6) is 15.9. The minimum atomic E-state index is 0.158. The van der Waals surface area contributed by atoms with Gasteiger partial charge in [0, 0.05) is 0 Å². The van der Waals surface area contributed by atoms with E-state index in [2.05, 4.69) is 42.1 Å². The van der Waals surface area contributed by atoms with Crippen LogP contribution in [0.2, 0.25) is 0 Å². The predicted octanol–water partition coefficient (Wildman–Crippen LogP) is 1.53. The van der Waals surface area contributed by atoms with Crippen molar-refractivity contribution in [1.82, 2.24) is 0 Å². The van der Waals surface area contributed by atoms with E-state index in [9.17, 15) is 0 Å². The quantitative estimate of drug-likeness (QED) is 0.358. The molecular weight excluding hydrogens is 172 g/mol. The first-order chi connectivity index (χ1) is 6.88. The Morgan fingerprint density at radius 3 is 2.57 bits per heavy atom. The van der Waals surface area contributed by atoms with Crippen LogP contribution in [0.4, 0.5) is 0 Å². The van der Waals surface area contributed by atoms with Crippen molar-refractivity contribution in [3.8, 4) is 35.5 Å². The second kappa shape index (κ2) is 5.71. The van der Waals surface area contributed by atoms with Gasteiger partial charge in [0.1, 0.15) is 12.2 Å². The fourth-order valence-corrected chi connectivity index (χ4v) is 0.826. The Bertz CT molecular complexity index is 409. The van der Waals surface area contributed by atoms with Crippen molar-refractivity contribution in [3.63, 3.8) is 0 Å². The van der Waals surface area contributed by atoms with Crippen LogP contribution >= 0.6 is 0 Å². The molecular formula is C13H10O. The van der Waals surface area contributed by atoms with Crippen LogP contribution in [0.25, 0.3) is 0 Å². The molecule has 1 heterocycles. The molecule has 0 bridgehead atoms. The fraction of sp³-hybridized carbons (Fsp3) is 0.231. The van der Waals surface area contributed by atoms with E-state index in [1.807, 2.05) is 6.08 Å². The number of epoxide rings is 1. The van der Waals surface area contributed by atoms with E-state index in [-0.39, 0.29) is 12.2 Å². The topological polar surface area (TPSA) is 12.5 Å². The number of hydrogen-bond acceptors (Lipinski definition) is 1. The molecule has 1 aliphatic heterocycles. The first kappa shape index (κ1) is 10.2. The van der Waals surface area contributed by atoms with Gasteiger partial charge >= 0.3 is 0 Å². The van der Waals surface area contributed by atoms with Gasteiger partial charge in [0.15, 0.2) is 0 Å². The van der Waals surface area contributed by atoms with Crippen LogP contribution in [0.5, 0.6) is 0 Å². The van der Waals surface area contributed by atoms with Gasteiger partial charge in [-0.2, -0.15) is 0 Å². The summed E-state index contributed by atoms with van der Waals surface area (Å²) in [5.41, 5.74) is 0. The maximum Gasteiger partial charge on any atom is 0.107 e. The van der Waals surface area contributed by atoms with Crippen molar-refractivity contribution in [2.45, 2.75) is 19.1 Å². The molecule has 1 nitrogen and oxygen atoms in total. The first-order valence-electron chi connectivity index (χ1n) is 4.25. The molecule has 0 aromatic heterocycles. The summed E-state index contributed by atoms with van der Waals surface area (Å²) in [6, 6.07) is 0. The summed E-state index contributed by atoms with van der Waals surface area (Å²) < 4.78 is 5.18. The maximum absolute atomic E-state index is 5.18. The zero-order chi connectivity index (χ0) is 10.2. The molecule has 0 aliphatic carbocycles. The van der Waals surface area contributed by atoms with Crippen molar-refractivity contribution in [2.24, 2.45) is 0 Å². The molecule has 1 rings (SSSR count). The number of rotatable bonds is 2. The first-order valence-corrected chi connectivity index (χ1v) is 4.25. The summed E-state index contributed by atoms with van der Waals surface area (Å²) in [6.07, 6.45) is 5.74. The van der Waals surface area contributed by atoms with Crippen LogP contribution < -0.4 is 0 Å². The smallest absolute Gasteiger partial charge is 0.107 e. The molecule has 1 aliphatic rings. The van der Waals surface area contributed by atoms with Crippen molar-refractivity contribution in [3.05, 3.63) is 24.8 Å². The predicted molar refractivity (Wildman–Crippen MR) is 57.0 cm³/mol. The zero-order valence-electron chi connectivity index (χ0n) is 8.00. The monoisotopic (exact) mass is 182 g/mol. The van der Waals surface area contributed by atoms with Crippen LogP contribution in [0.3, 0.4) is 0 Å². The Balaban J connectivity index is 2.29. The summed E-state index contributed by atoms with van der Waals surface area (Å²) in [5, 5.41) is 0. The van der Waals surface area contributed by atoms with Crippen molar-refractivity contribution >= 4 is 0 Å². The van der Waals surface area contributed by atoms with E-state index in [0.717, 1.165) is 0 Å². The standard InChI is InChI=1S/C13H10O/c1-3-5-6-7-8-9-10-11-13-12(4-2)14-13/h4,10-13H,2H2,1H3/b11-10-. The second-order valence-corrected chi connectivity index (χ2v) is 2.55. The third-order valence-electron chi connectivity index (χ3n) is 1.55. The van der Waals surface area contributed by atoms with Crippen molar-refractivity contribution in [2.75, 3.05) is 0 Å².